The number of likely N-dealkylation sites (tertiary alicyclic amines) is 1. The van der Waals surface area contributed by atoms with Crippen molar-refractivity contribution in [3.05, 3.63) is 0 Å². The minimum Gasteiger partial charge on any atom is -0.362 e. The SMILES string of the molecule is CCN1CCC(CNC(=S)NC2CC2)C1. The quantitative estimate of drug-likeness (QED) is 0.700. The highest BCUT2D eigenvalue weighted by Gasteiger charge is 2.23. The van der Waals surface area contributed by atoms with E-state index in [2.05, 4.69) is 22.5 Å². The number of hydrogen-bond acceptors (Lipinski definition) is 2. The second-order valence-electron chi connectivity index (χ2n) is 4.68. The first kappa shape index (κ1) is 11.1. The Hall–Kier alpha value is -0.350. The van der Waals surface area contributed by atoms with Gasteiger partial charge in [0.2, 0.25) is 0 Å². The predicted octanol–water partition coefficient (Wildman–Crippen LogP) is 0.955. The zero-order valence-corrected chi connectivity index (χ0v) is 10.3. The summed E-state index contributed by atoms with van der Waals surface area (Å²) in [5.41, 5.74) is 0. The van der Waals surface area contributed by atoms with Gasteiger partial charge in [-0.15, -0.1) is 0 Å². The molecule has 1 atom stereocenters. The van der Waals surface area contributed by atoms with Crippen molar-refractivity contribution < 1.29 is 0 Å². The average Bonchev–Trinajstić information content (AvgIpc) is 2.92. The Morgan fingerprint density at radius 1 is 1.40 bits per heavy atom. The molecule has 2 aliphatic rings. The van der Waals surface area contributed by atoms with Gasteiger partial charge in [-0.25, -0.2) is 0 Å². The van der Waals surface area contributed by atoms with Gasteiger partial charge >= 0.3 is 0 Å². The lowest BCUT2D eigenvalue weighted by molar-refractivity contribution is 0.342. The number of hydrogen-bond donors (Lipinski definition) is 2. The van der Waals surface area contributed by atoms with Crippen LogP contribution in [0.15, 0.2) is 0 Å². The normalized spacial score (nSPS) is 26.6. The molecule has 4 heteroatoms. The van der Waals surface area contributed by atoms with Crippen LogP contribution in [0.25, 0.3) is 0 Å². The first-order chi connectivity index (χ1) is 7.28. The lowest BCUT2D eigenvalue weighted by Gasteiger charge is -2.15. The number of rotatable bonds is 4. The molecule has 1 saturated heterocycles. The summed E-state index contributed by atoms with van der Waals surface area (Å²) in [7, 11) is 0. The lowest BCUT2D eigenvalue weighted by atomic mass is 10.1. The van der Waals surface area contributed by atoms with Gasteiger partial charge in [0.15, 0.2) is 5.11 Å². The molecule has 0 aromatic carbocycles. The molecule has 0 spiro atoms. The zero-order chi connectivity index (χ0) is 10.7. The van der Waals surface area contributed by atoms with Crippen LogP contribution >= 0.6 is 12.2 Å². The smallest absolute Gasteiger partial charge is 0.166 e. The molecule has 0 amide bonds. The van der Waals surface area contributed by atoms with Crippen LogP contribution in [-0.4, -0.2) is 42.2 Å². The summed E-state index contributed by atoms with van der Waals surface area (Å²) in [5, 5.41) is 7.50. The third-order valence-electron chi connectivity index (χ3n) is 3.28. The highest BCUT2D eigenvalue weighted by atomic mass is 32.1. The molecule has 1 aliphatic heterocycles. The molecule has 2 fully saturated rings. The summed E-state index contributed by atoms with van der Waals surface area (Å²) >= 11 is 5.23. The van der Waals surface area contributed by atoms with Gasteiger partial charge in [-0.1, -0.05) is 6.92 Å². The summed E-state index contributed by atoms with van der Waals surface area (Å²) in [6.07, 6.45) is 3.89. The first-order valence-electron chi connectivity index (χ1n) is 6.04. The standard InChI is InChI=1S/C11H21N3S/c1-2-14-6-5-9(8-14)7-12-11(15)13-10-3-4-10/h9-10H,2-8H2,1H3,(H2,12,13,15). The van der Waals surface area contributed by atoms with E-state index in [-0.39, 0.29) is 0 Å². The Labute approximate surface area is 97.6 Å². The van der Waals surface area contributed by atoms with Gasteiger partial charge in [0.25, 0.3) is 0 Å². The topological polar surface area (TPSA) is 27.3 Å². The molecule has 2 N–H and O–H groups in total. The fraction of sp³-hybridized carbons (Fsp3) is 0.909. The van der Waals surface area contributed by atoms with E-state index in [4.69, 9.17) is 12.2 Å². The molecule has 1 saturated carbocycles. The van der Waals surface area contributed by atoms with Crippen molar-refractivity contribution in [3.8, 4) is 0 Å². The van der Waals surface area contributed by atoms with E-state index in [0.29, 0.717) is 6.04 Å². The fourth-order valence-corrected chi connectivity index (χ4v) is 2.32. The molecule has 3 nitrogen and oxygen atoms in total. The van der Waals surface area contributed by atoms with Crippen LogP contribution in [0.4, 0.5) is 0 Å². The molecule has 1 unspecified atom stereocenters. The first-order valence-corrected chi connectivity index (χ1v) is 6.45. The molecule has 0 aromatic heterocycles. The molecule has 1 heterocycles. The highest BCUT2D eigenvalue weighted by molar-refractivity contribution is 7.80. The van der Waals surface area contributed by atoms with Crippen molar-refractivity contribution in [3.63, 3.8) is 0 Å². The summed E-state index contributed by atoms with van der Waals surface area (Å²) in [6, 6.07) is 0.667. The Bertz CT molecular complexity index is 228. The molecule has 0 bridgehead atoms. The molecule has 2 rings (SSSR count). The Morgan fingerprint density at radius 3 is 2.80 bits per heavy atom. The van der Waals surface area contributed by atoms with E-state index in [0.717, 1.165) is 17.6 Å². The minimum atomic E-state index is 0.667. The number of nitrogens with zero attached hydrogens (tertiary/aromatic N) is 1. The van der Waals surface area contributed by atoms with Crippen LogP contribution in [0.1, 0.15) is 26.2 Å². The third-order valence-corrected chi connectivity index (χ3v) is 3.54. The third kappa shape index (κ3) is 3.61. The fourth-order valence-electron chi connectivity index (χ4n) is 2.07. The molecular weight excluding hydrogens is 206 g/mol. The zero-order valence-electron chi connectivity index (χ0n) is 9.46. The van der Waals surface area contributed by atoms with E-state index >= 15 is 0 Å². The number of nitrogens with one attached hydrogen (secondary N) is 2. The van der Waals surface area contributed by atoms with Crippen LogP contribution in [0.2, 0.25) is 0 Å². The van der Waals surface area contributed by atoms with Gasteiger partial charge in [0, 0.05) is 19.1 Å². The predicted molar refractivity (Wildman–Crippen MR) is 67.0 cm³/mol. The summed E-state index contributed by atoms with van der Waals surface area (Å²) < 4.78 is 0. The van der Waals surface area contributed by atoms with E-state index in [9.17, 15) is 0 Å². The molecular formula is C11H21N3S. The van der Waals surface area contributed by atoms with Crippen LogP contribution in [0, 0.1) is 5.92 Å². The molecule has 86 valence electrons. The van der Waals surface area contributed by atoms with Gasteiger partial charge in [0.05, 0.1) is 0 Å². The number of thiocarbonyl (C=S) groups is 1. The van der Waals surface area contributed by atoms with Crippen molar-refractivity contribution in [2.45, 2.75) is 32.2 Å². The van der Waals surface area contributed by atoms with Gasteiger partial charge < -0.3 is 15.5 Å². The van der Waals surface area contributed by atoms with Crippen molar-refractivity contribution in [2.24, 2.45) is 5.92 Å². The Morgan fingerprint density at radius 2 is 2.20 bits per heavy atom. The summed E-state index contributed by atoms with van der Waals surface area (Å²) in [6.45, 7) is 6.94. The van der Waals surface area contributed by atoms with E-state index < -0.39 is 0 Å². The second kappa shape index (κ2) is 5.12. The maximum Gasteiger partial charge on any atom is 0.166 e. The van der Waals surface area contributed by atoms with Crippen molar-refractivity contribution in [1.82, 2.24) is 15.5 Å². The molecule has 1 aliphatic carbocycles. The Kier molecular flexibility index (Phi) is 3.81. The van der Waals surface area contributed by atoms with Crippen molar-refractivity contribution in [1.29, 1.82) is 0 Å². The van der Waals surface area contributed by atoms with Crippen LogP contribution in [0.3, 0.4) is 0 Å². The van der Waals surface area contributed by atoms with E-state index in [1.54, 1.807) is 0 Å². The monoisotopic (exact) mass is 227 g/mol. The van der Waals surface area contributed by atoms with Gasteiger partial charge in [-0.05, 0) is 50.5 Å². The van der Waals surface area contributed by atoms with Gasteiger partial charge in [-0.3, -0.25) is 0 Å². The minimum absolute atomic E-state index is 0.667. The van der Waals surface area contributed by atoms with Gasteiger partial charge in [0.1, 0.15) is 0 Å². The van der Waals surface area contributed by atoms with Crippen molar-refractivity contribution >= 4 is 17.3 Å². The lowest BCUT2D eigenvalue weighted by Crippen LogP contribution is -2.39. The van der Waals surface area contributed by atoms with E-state index in [1.807, 2.05) is 0 Å². The Balaban J connectivity index is 1.58. The van der Waals surface area contributed by atoms with Crippen LogP contribution < -0.4 is 10.6 Å². The maximum absolute atomic E-state index is 5.23. The maximum atomic E-state index is 5.23. The van der Waals surface area contributed by atoms with E-state index in [1.165, 1.54) is 38.9 Å². The largest absolute Gasteiger partial charge is 0.362 e. The average molecular weight is 227 g/mol. The van der Waals surface area contributed by atoms with Crippen LogP contribution in [0.5, 0.6) is 0 Å². The van der Waals surface area contributed by atoms with Gasteiger partial charge in [-0.2, -0.15) is 0 Å². The molecule has 0 radical (unpaired) electrons. The van der Waals surface area contributed by atoms with Crippen molar-refractivity contribution in [2.75, 3.05) is 26.2 Å². The highest BCUT2D eigenvalue weighted by Crippen LogP contribution is 2.18. The van der Waals surface area contributed by atoms with Crippen LogP contribution in [-0.2, 0) is 0 Å². The second-order valence-corrected chi connectivity index (χ2v) is 5.08. The summed E-state index contributed by atoms with van der Waals surface area (Å²) in [5.74, 6) is 0.781. The molecule has 15 heavy (non-hydrogen) atoms. The summed E-state index contributed by atoms with van der Waals surface area (Å²) in [4.78, 5) is 2.50. The molecule has 0 aromatic rings.